The summed E-state index contributed by atoms with van der Waals surface area (Å²) in [4.78, 5) is 12.3. The lowest BCUT2D eigenvalue weighted by Gasteiger charge is -2.19. The van der Waals surface area contributed by atoms with E-state index < -0.39 is 0 Å². The van der Waals surface area contributed by atoms with Crippen LogP contribution in [0.25, 0.3) is 0 Å². The molecule has 0 spiro atoms. The Kier molecular flexibility index (Phi) is 6.52. The number of nitrogens with zero attached hydrogens (tertiary/aromatic N) is 2. The van der Waals surface area contributed by atoms with Crippen LogP contribution in [-0.2, 0) is 11.8 Å². The zero-order chi connectivity index (χ0) is 17.5. The van der Waals surface area contributed by atoms with E-state index in [9.17, 15) is 4.79 Å². The molecule has 0 saturated heterocycles. The van der Waals surface area contributed by atoms with Gasteiger partial charge in [0.15, 0.2) is 0 Å². The number of rotatable bonds is 8. The van der Waals surface area contributed by atoms with Crippen molar-refractivity contribution < 1.29 is 9.90 Å². The number of carbonyl (C=O) groups excluding carboxylic acids is 1. The van der Waals surface area contributed by atoms with Crippen LogP contribution in [0.15, 0.2) is 30.3 Å². The lowest BCUT2D eigenvalue weighted by Crippen LogP contribution is -2.31. The van der Waals surface area contributed by atoms with Crippen molar-refractivity contribution in [1.29, 1.82) is 0 Å². The van der Waals surface area contributed by atoms with Crippen LogP contribution in [0.5, 0.6) is 0 Å². The van der Waals surface area contributed by atoms with Gasteiger partial charge in [-0.05, 0) is 32.3 Å². The number of aryl methyl sites for hydroxylation is 2. The van der Waals surface area contributed by atoms with Crippen molar-refractivity contribution in [1.82, 2.24) is 15.1 Å². The zero-order valence-corrected chi connectivity index (χ0v) is 14.5. The summed E-state index contributed by atoms with van der Waals surface area (Å²) < 4.78 is 1.76. The van der Waals surface area contributed by atoms with Crippen molar-refractivity contribution in [2.45, 2.75) is 32.7 Å². The van der Waals surface area contributed by atoms with Crippen LogP contribution in [0, 0.1) is 13.8 Å². The van der Waals surface area contributed by atoms with Gasteiger partial charge in [0, 0.05) is 19.7 Å². The summed E-state index contributed by atoms with van der Waals surface area (Å²) in [6, 6.07) is 10.0. The number of carbonyl (C=O) groups is 1. The van der Waals surface area contributed by atoms with Crippen LogP contribution < -0.4 is 10.6 Å². The number of amides is 1. The zero-order valence-electron chi connectivity index (χ0n) is 14.5. The molecule has 0 aliphatic rings. The Morgan fingerprint density at radius 1 is 1.29 bits per heavy atom. The van der Waals surface area contributed by atoms with Gasteiger partial charge >= 0.3 is 0 Å². The number of aromatic nitrogens is 2. The maximum Gasteiger partial charge on any atom is 0.238 e. The third-order valence-electron chi connectivity index (χ3n) is 4.14. The average molecular weight is 330 g/mol. The minimum absolute atomic E-state index is 0.0418. The molecular weight excluding hydrogens is 304 g/mol. The van der Waals surface area contributed by atoms with E-state index >= 15 is 0 Å². The summed E-state index contributed by atoms with van der Waals surface area (Å²) in [6.07, 6.45) is 1.47. The number of hydrogen-bond acceptors (Lipinski definition) is 4. The molecule has 0 fully saturated rings. The molecule has 0 saturated carbocycles. The Hall–Kier alpha value is -2.18. The maximum absolute atomic E-state index is 12.3. The molecule has 1 heterocycles. The molecule has 24 heavy (non-hydrogen) atoms. The topological polar surface area (TPSA) is 79.2 Å². The van der Waals surface area contributed by atoms with Gasteiger partial charge in [-0.3, -0.25) is 9.48 Å². The van der Waals surface area contributed by atoms with Gasteiger partial charge in [-0.15, -0.1) is 0 Å². The molecule has 0 bridgehead atoms. The highest BCUT2D eigenvalue weighted by Gasteiger charge is 2.15. The fourth-order valence-corrected chi connectivity index (χ4v) is 2.72. The fourth-order valence-electron chi connectivity index (χ4n) is 2.72. The van der Waals surface area contributed by atoms with E-state index in [-0.39, 0.29) is 25.1 Å². The smallest absolute Gasteiger partial charge is 0.238 e. The first-order valence-corrected chi connectivity index (χ1v) is 8.22. The van der Waals surface area contributed by atoms with E-state index in [2.05, 4.69) is 15.7 Å². The minimum atomic E-state index is -0.0980. The standard InChI is InChI=1S/C18H26N4O2/c1-13-18(14(2)22(3)21-13)20-17(24)12-19-16(10-7-11-23)15-8-5-4-6-9-15/h4-6,8-9,16,19,23H,7,10-12H2,1-3H3,(H,20,24). The highest BCUT2D eigenvalue weighted by atomic mass is 16.3. The quantitative estimate of drug-likeness (QED) is 0.692. The number of aliphatic hydroxyl groups excluding tert-OH is 1. The van der Waals surface area contributed by atoms with Gasteiger partial charge in [0.25, 0.3) is 0 Å². The molecule has 1 amide bonds. The maximum atomic E-state index is 12.3. The molecule has 0 aliphatic carbocycles. The van der Waals surface area contributed by atoms with Crippen LogP contribution in [0.1, 0.15) is 35.8 Å². The fraction of sp³-hybridized carbons (Fsp3) is 0.444. The van der Waals surface area contributed by atoms with Crippen molar-refractivity contribution in [2.75, 3.05) is 18.5 Å². The van der Waals surface area contributed by atoms with Crippen LogP contribution in [0.3, 0.4) is 0 Å². The first kappa shape index (κ1) is 18.2. The summed E-state index contributed by atoms with van der Waals surface area (Å²) >= 11 is 0. The monoisotopic (exact) mass is 330 g/mol. The van der Waals surface area contributed by atoms with Gasteiger partial charge in [-0.1, -0.05) is 30.3 Å². The molecule has 6 nitrogen and oxygen atoms in total. The van der Waals surface area contributed by atoms with Gasteiger partial charge in [0.05, 0.1) is 23.6 Å². The summed E-state index contributed by atoms with van der Waals surface area (Å²) in [5.74, 6) is -0.0980. The molecule has 1 aromatic heterocycles. The van der Waals surface area contributed by atoms with Gasteiger partial charge in [0.2, 0.25) is 5.91 Å². The first-order valence-electron chi connectivity index (χ1n) is 8.22. The molecule has 2 aromatic rings. The SMILES string of the molecule is Cc1nn(C)c(C)c1NC(=O)CNC(CCCO)c1ccccc1. The Morgan fingerprint density at radius 3 is 2.58 bits per heavy atom. The van der Waals surface area contributed by atoms with Crippen LogP contribution in [-0.4, -0.2) is 33.9 Å². The molecule has 1 unspecified atom stereocenters. The Morgan fingerprint density at radius 2 is 2.00 bits per heavy atom. The van der Waals surface area contributed by atoms with Crippen LogP contribution in [0.4, 0.5) is 5.69 Å². The third kappa shape index (κ3) is 4.66. The highest BCUT2D eigenvalue weighted by Crippen LogP contribution is 2.19. The number of aliphatic hydroxyl groups is 1. The molecule has 3 N–H and O–H groups in total. The third-order valence-corrected chi connectivity index (χ3v) is 4.14. The second kappa shape index (κ2) is 8.61. The number of nitrogens with one attached hydrogen (secondary N) is 2. The molecule has 130 valence electrons. The van der Waals surface area contributed by atoms with E-state index in [1.54, 1.807) is 4.68 Å². The van der Waals surface area contributed by atoms with E-state index in [1.807, 2.05) is 51.2 Å². The summed E-state index contributed by atoms with van der Waals surface area (Å²) in [5.41, 5.74) is 3.63. The van der Waals surface area contributed by atoms with Gasteiger partial charge in [0.1, 0.15) is 0 Å². The molecule has 6 heteroatoms. The Balaban J connectivity index is 1.97. The number of benzene rings is 1. The van der Waals surface area contributed by atoms with Crippen molar-refractivity contribution in [3.63, 3.8) is 0 Å². The summed E-state index contributed by atoms with van der Waals surface area (Å²) in [5, 5.41) is 19.6. The van der Waals surface area contributed by atoms with Crippen molar-refractivity contribution >= 4 is 11.6 Å². The Labute approximate surface area is 142 Å². The van der Waals surface area contributed by atoms with E-state index in [0.717, 1.165) is 29.1 Å². The summed E-state index contributed by atoms with van der Waals surface area (Å²) in [6.45, 7) is 4.16. The van der Waals surface area contributed by atoms with Gasteiger partial charge < -0.3 is 15.7 Å². The number of hydrogen-bond donors (Lipinski definition) is 3. The van der Waals surface area contributed by atoms with Crippen molar-refractivity contribution in [3.05, 3.63) is 47.3 Å². The Bertz CT molecular complexity index is 667. The molecular formula is C18H26N4O2. The molecule has 0 aliphatic heterocycles. The number of anilines is 1. The molecule has 2 rings (SSSR count). The minimum Gasteiger partial charge on any atom is -0.396 e. The van der Waals surface area contributed by atoms with Gasteiger partial charge in [-0.2, -0.15) is 5.10 Å². The average Bonchev–Trinajstić information content (AvgIpc) is 2.82. The lowest BCUT2D eigenvalue weighted by atomic mass is 10.0. The van der Waals surface area contributed by atoms with Crippen LogP contribution in [0.2, 0.25) is 0 Å². The largest absolute Gasteiger partial charge is 0.396 e. The molecule has 0 radical (unpaired) electrons. The predicted octanol–water partition coefficient (Wildman–Crippen LogP) is 2.08. The van der Waals surface area contributed by atoms with E-state index in [0.29, 0.717) is 6.42 Å². The normalized spacial score (nSPS) is 12.2. The molecule has 1 atom stereocenters. The van der Waals surface area contributed by atoms with Crippen LogP contribution >= 0.6 is 0 Å². The lowest BCUT2D eigenvalue weighted by molar-refractivity contribution is -0.115. The van der Waals surface area contributed by atoms with Gasteiger partial charge in [-0.25, -0.2) is 0 Å². The van der Waals surface area contributed by atoms with Crippen molar-refractivity contribution in [3.8, 4) is 0 Å². The first-order chi connectivity index (χ1) is 11.5. The second-order valence-electron chi connectivity index (χ2n) is 5.93. The predicted molar refractivity (Wildman–Crippen MR) is 94.8 cm³/mol. The summed E-state index contributed by atoms with van der Waals surface area (Å²) in [7, 11) is 1.86. The molecule has 1 aromatic carbocycles. The highest BCUT2D eigenvalue weighted by molar-refractivity contribution is 5.93. The van der Waals surface area contributed by atoms with Crippen molar-refractivity contribution in [2.24, 2.45) is 7.05 Å². The van der Waals surface area contributed by atoms with E-state index in [1.165, 1.54) is 0 Å². The second-order valence-corrected chi connectivity index (χ2v) is 5.93. The van der Waals surface area contributed by atoms with E-state index in [4.69, 9.17) is 5.11 Å².